The first kappa shape index (κ1) is 57.2. The van der Waals surface area contributed by atoms with E-state index >= 15 is 0 Å². The Bertz CT molecular complexity index is 36.8. The quantitative estimate of drug-likeness (QED) is 0.484. The predicted molar refractivity (Wildman–Crippen MR) is 18.7 cm³/mol. The zero-order valence-corrected chi connectivity index (χ0v) is 14.7. The molecule has 0 amide bonds. The molecule has 11 heavy (non-hydrogen) atoms. The summed E-state index contributed by atoms with van der Waals surface area (Å²) in [5, 5.41) is 13.8. The summed E-state index contributed by atoms with van der Waals surface area (Å²) in [6, 6.07) is 0. The fraction of sp³-hybridized carbons (Fsp3) is 0. The number of hydrogen-bond acceptors (Lipinski definition) is 2. The summed E-state index contributed by atoms with van der Waals surface area (Å²) in [4.78, 5) is 0. The molecular formula is H2B2O6Zn3+2. The molecule has 0 heterocycles. The molecule has 0 aromatic heterocycles. The third-order valence-electron chi connectivity index (χ3n) is 0. The van der Waals surface area contributed by atoms with Crippen molar-refractivity contribution < 1.29 is 88.8 Å². The molecule has 0 spiro atoms. The average Bonchev–Trinajstić information content (AvgIpc) is 1.39. The maximum atomic E-state index is 8.36. The Morgan fingerprint density at radius 1 is 0.727 bits per heavy atom. The SMILES string of the molecule is O=BO.O=BO.[O-2].[O-2].[Zn+2].[Zn+2].[Zn+2]. The van der Waals surface area contributed by atoms with Crippen LogP contribution < -0.4 is 0 Å². The van der Waals surface area contributed by atoms with Gasteiger partial charge in [0.1, 0.15) is 0 Å². The maximum Gasteiger partial charge on any atom is 2.00 e. The standard InChI is InChI=1S/2BHO2.2O.3Zn/c2*2-1-3;;;;;/h2*2H;;;;;/q;;2*-2;3*+2. The van der Waals surface area contributed by atoms with Crippen molar-refractivity contribution in [3.63, 3.8) is 0 Å². The molecule has 0 saturated carbocycles. The van der Waals surface area contributed by atoms with Crippen molar-refractivity contribution in [2.45, 2.75) is 0 Å². The third kappa shape index (κ3) is 737. The van der Waals surface area contributed by atoms with Gasteiger partial charge in [-0.25, -0.2) is 0 Å². The Hall–Kier alpha value is 1.12. The summed E-state index contributed by atoms with van der Waals surface area (Å²) in [5.74, 6) is 0. The van der Waals surface area contributed by atoms with E-state index in [9.17, 15) is 0 Å². The van der Waals surface area contributed by atoms with Gasteiger partial charge in [0.15, 0.2) is 0 Å². The average molecular weight is 316 g/mol. The molecular weight excluding hydrogens is 314 g/mol. The summed E-state index contributed by atoms with van der Waals surface area (Å²) in [5.41, 5.74) is 0. The summed E-state index contributed by atoms with van der Waals surface area (Å²) < 4.78 is 16.7. The van der Waals surface area contributed by atoms with Crippen LogP contribution >= 0.6 is 0 Å². The molecule has 0 saturated heterocycles. The van der Waals surface area contributed by atoms with Crippen LogP contribution in [0.2, 0.25) is 0 Å². The van der Waals surface area contributed by atoms with E-state index in [2.05, 4.69) is 0 Å². The minimum atomic E-state index is -0.250. The van der Waals surface area contributed by atoms with Crippen molar-refractivity contribution >= 4 is 14.7 Å². The number of rotatable bonds is 0. The van der Waals surface area contributed by atoms with Gasteiger partial charge in [-0.2, -0.15) is 0 Å². The Morgan fingerprint density at radius 3 is 0.727 bits per heavy atom. The van der Waals surface area contributed by atoms with Crippen LogP contribution in [-0.4, -0.2) is 24.8 Å². The molecule has 0 aliphatic heterocycles. The van der Waals surface area contributed by atoms with E-state index in [4.69, 9.17) is 19.5 Å². The Labute approximate surface area is 103 Å². The smallest absolute Gasteiger partial charge is 2.00 e. The second kappa shape index (κ2) is 117. The predicted octanol–water partition coefficient (Wildman–Crippen LogP) is -2.36. The van der Waals surface area contributed by atoms with Crippen molar-refractivity contribution in [2.75, 3.05) is 0 Å². The Balaban J connectivity index is -0.00000000400. The van der Waals surface area contributed by atoms with Crippen molar-refractivity contribution in [1.29, 1.82) is 0 Å². The van der Waals surface area contributed by atoms with E-state index < -0.39 is 0 Å². The van der Waals surface area contributed by atoms with E-state index in [1.807, 2.05) is 0 Å². The maximum absolute atomic E-state index is 8.36. The second-order valence-electron chi connectivity index (χ2n) is 0.211. The van der Waals surface area contributed by atoms with Gasteiger partial charge in [0.2, 0.25) is 0 Å². The largest absolute Gasteiger partial charge is 2.00 e. The summed E-state index contributed by atoms with van der Waals surface area (Å²) >= 11 is 0. The van der Waals surface area contributed by atoms with E-state index in [0.717, 1.165) is 0 Å². The van der Waals surface area contributed by atoms with E-state index in [-0.39, 0.29) is 84.1 Å². The fourth-order valence-electron chi connectivity index (χ4n) is 0. The van der Waals surface area contributed by atoms with E-state index in [1.54, 1.807) is 0 Å². The molecule has 0 aliphatic carbocycles. The van der Waals surface area contributed by atoms with Crippen LogP contribution in [0.5, 0.6) is 0 Å². The Kier molecular flexibility index (Phi) is 608. The van der Waals surface area contributed by atoms with Crippen molar-refractivity contribution in [1.82, 2.24) is 0 Å². The fourth-order valence-corrected chi connectivity index (χ4v) is 0. The molecule has 11 heteroatoms. The summed E-state index contributed by atoms with van der Waals surface area (Å²) in [6.07, 6.45) is 0. The molecule has 0 aromatic carbocycles. The van der Waals surface area contributed by atoms with Gasteiger partial charge in [-0.15, -0.1) is 0 Å². The monoisotopic (exact) mass is 312 g/mol. The summed E-state index contributed by atoms with van der Waals surface area (Å²) in [6.45, 7) is 0. The first-order chi connectivity index (χ1) is 2.83. The zero-order chi connectivity index (χ0) is 5.41. The molecule has 0 atom stereocenters. The van der Waals surface area contributed by atoms with Crippen molar-refractivity contribution in [2.24, 2.45) is 0 Å². The van der Waals surface area contributed by atoms with Crippen LogP contribution in [0.1, 0.15) is 0 Å². The van der Waals surface area contributed by atoms with Gasteiger partial charge in [-0.1, -0.05) is 0 Å². The van der Waals surface area contributed by atoms with Crippen LogP contribution in [-0.2, 0) is 78.8 Å². The molecule has 0 fully saturated rings. The molecule has 0 bridgehead atoms. The van der Waals surface area contributed by atoms with Gasteiger partial charge in [-0.3, -0.25) is 0 Å². The molecule has 0 rings (SSSR count). The van der Waals surface area contributed by atoms with Crippen molar-refractivity contribution in [3.8, 4) is 0 Å². The van der Waals surface area contributed by atoms with E-state index in [0.29, 0.717) is 0 Å². The molecule has 48 valence electrons. The first-order valence-electron chi connectivity index (χ1n) is 0.988. The van der Waals surface area contributed by atoms with Crippen LogP contribution in [0, 0.1) is 0 Å². The van der Waals surface area contributed by atoms with Gasteiger partial charge >= 0.3 is 92.6 Å². The van der Waals surface area contributed by atoms with Gasteiger partial charge in [0.05, 0.1) is 0 Å². The molecule has 6 nitrogen and oxygen atoms in total. The zero-order valence-electron chi connectivity index (χ0n) is 5.80. The third-order valence-corrected chi connectivity index (χ3v) is 0. The van der Waals surface area contributed by atoms with Crippen molar-refractivity contribution in [3.05, 3.63) is 0 Å². The van der Waals surface area contributed by atoms with Gasteiger partial charge in [-0.05, 0) is 0 Å². The second-order valence-corrected chi connectivity index (χ2v) is 0.211. The van der Waals surface area contributed by atoms with Gasteiger partial charge < -0.3 is 11.0 Å². The molecule has 2 N–H and O–H groups in total. The van der Waals surface area contributed by atoms with Crippen LogP contribution in [0.4, 0.5) is 0 Å². The van der Waals surface area contributed by atoms with Crippen LogP contribution in [0.25, 0.3) is 0 Å². The molecule has 0 unspecified atom stereocenters. The minimum absolute atomic E-state index is 0. The van der Waals surface area contributed by atoms with E-state index in [1.165, 1.54) is 0 Å². The first-order valence-corrected chi connectivity index (χ1v) is 0.988. The Morgan fingerprint density at radius 2 is 0.727 bits per heavy atom. The van der Waals surface area contributed by atoms with Gasteiger partial charge in [0, 0.05) is 0 Å². The van der Waals surface area contributed by atoms with Crippen LogP contribution in [0.15, 0.2) is 0 Å². The van der Waals surface area contributed by atoms with Crippen LogP contribution in [0.3, 0.4) is 0 Å². The molecule has 0 aliphatic rings. The van der Waals surface area contributed by atoms with Gasteiger partial charge in [0.25, 0.3) is 0 Å². The molecule has 0 radical (unpaired) electrons. The minimum Gasteiger partial charge on any atom is -2.00 e. The number of hydrogen-bond donors (Lipinski definition) is 2. The summed E-state index contributed by atoms with van der Waals surface area (Å²) in [7, 11) is -0.500. The normalized spacial score (nSPS) is 1.45. The topological polar surface area (TPSA) is 132 Å². The molecule has 0 aromatic rings.